The Bertz CT molecular complexity index is 839. The molecule has 3 rings (SSSR count). The number of anilines is 2. The van der Waals surface area contributed by atoms with E-state index in [1.807, 2.05) is 42.7 Å². The molecule has 0 bridgehead atoms. The normalized spacial score (nSPS) is 17.1. The lowest BCUT2D eigenvalue weighted by Crippen LogP contribution is -2.53. The number of methoxy groups -OCH3 is 1. The van der Waals surface area contributed by atoms with Crippen molar-refractivity contribution in [1.82, 2.24) is 4.90 Å². The largest absolute Gasteiger partial charge is 0.465 e. The van der Waals surface area contributed by atoms with Crippen LogP contribution in [0.4, 0.5) is 11.4 Å². The van der Waals surface area contributed by atoms with E-state index < -0.39 is 0 Å². The number of ether oxygens (including phenoxy) is 1. The van der Waals surface area contributed by atoms with Crippen molar-refractivity contribution in [1.29, 1.82) is 0 Å². The number of hydrogen-bond acceptors (Lipinski definition) is 6. The van der Waals surface area contributed by atoms with Crippen LogP contribution < -0.4 is 10.2 Å². The molecule has 0 spiro atoms. The summed E-state index contributed by atoms with van der Waals surface area (Å²) >= 11 is 1.68. The van der Waals surface area contributed by atoms with Gasteiger partial charge in [-0.25, -0.2) is 4.79 Å². The summed E-state index contributed by atoms with van der Waals surface area (Å²) in [7, 11) is 1.38. The molecule has 2 aromatic carbocycles. The third-order valence-corrected chi connectivity index (χ3v) is 5.88. The van der Waals surface area contributed by atoms with Crippen molar-refractivity contribution in [3.63, 3.8) is 0 Å². The van der Waals surface area contributed by atoms with E-state index in [0.717, 1.165) is 31.0 Å². The van der Waals surface area contributed by atoms with Gasteiger partial charge >= 0.3 is 5.97 Å². The predicted molar refractivity (Wildman–Crippen MR) is 118 cm³/mol. The fraction of sp³-hybridized carbons (Fsp3) is 0.364. The predicted octanol–water partition coefficient (Wildman–Crippen LogP) is 3.34. The molecule has 1 atom stereocenters. The van der Waals surface area contributed by atoms with Crippen LogP contribution in [0.2, 0.25) is 0 Å². The number of carbonyl (C=O) groups excluding carboxylic acids is 2. The molecule has 1 aliphatic rings. The molecular formula is C22H27N3O3S. The van der Waals surface area contributed by atoms with Gasteiger partial charge in [0.15, 0.2) is 0 Å². The summed E-state index contributed by atoms with van der Waals surface area (Å²) < 4.78 is 4.75. The minimum atomic E-state index is -0.330. The maximum atomic E-state index is 12.4. The zero-order chi connectivity index (χ0) is 20.8. The van der Waals surface area contributed by atoms with E-state index in [1.54, 1.807) is 23.9 Å². The number of hydrogen-bond donors (Lipinski definition) is 1. The van der Waals surface area contributed by atoms with Crippen LogP contribution in [0.5, 0.6) is 0 Å². The number of nitrogens with one attached hydrogen (secondary N) is 1. The van der Waals surface area contributed by atoms with Crippen LogP contribution in [0.3, 0.4) is 0 Å². The average Bonchev–Trinajstić information content (AvgIpc) is 2.75. The maximum absolute atomic E-state index is 12.4. The number of esters is 1. The van der Waals surface area contributed by atoms with Gasteiger partial charge in [0, 0.05) is 41.9 Å². The summed E-state index contributed by atoms with van der Waals surface area (Å²) in [6.45, 7) is 4.97. The molecule has 0 saturated carbocycles. The Morgan fingerprint density at radius 2 is 1.79 bits per heavy atom. The number of carbonyl (C=O) groups is 2. The van der Waals surface area contributed by atoms with Gasteiger partial charge in [-0.2, -0.15) is 0 Å². The van der Waals surface area contributed by atoms with Gasteiger partial charge in [-0.05, 0) is 61.7 Å². The average molecular weight is 414 g/mol. The molecule has 2 aromatic rings. The Kier molecular flexibility index (Phi) is 7.17. The molecule has 1 fully saturated rings. The summed E-state index contributed by atoms with van der Waals surface area (Å²) in [6.07, 6.45) is 2.03. The fourth-order valence-electron chi connectivity index (χ4n) is 3.45. The number of benzene rings is 2. The Labute approximate surface area is 176 Å². The zero-order valence-electron chi connectivity index (χ0n) is 17.1. The molecule has 0 aliphatic carbocycles. The van der Waals surface area contributed by atoms with E-state index in [2.05, 4.69) is 22.0 Å². The summed E-state index contributed by atoms with van der Waals surface area (Å²) in [6, 6.07) is 15.6. The highest BCUT2D eigenvalue weighted by atomic mass is 32.2. The Morgan fingerprint density at radius 3 is 2.38 bits per heavy atom. The van der Waals surface area contributed by atoms with Crippen LogP contribution in [0.1, 0.15) is 17.3 Å². The maximum Gasteiger partial charge on any atom is 0.337 e. The van der Waals surface area contributed by atoms with E-state index in [0.29, 0.717) is 12.1 Å². The summed E-state index contributed by atoms with van der Waals surface area (Å²) in [4.78, 5) is 29.7. The molecule has 1 unspecified atom stereocenters. The van der Waals surface area contributed by atoms with E-state index in [-0.39, 0.29) is 17.9 Å². The molecule has 1 amide bonds. The van der Waals surface area contributed by atoms with Crippen LogP contribution in [-0.4, -0.2) is 62.4 Å². The number of nitrogens with zero attached hydrogens (tertiary/aromatic N) is 2. The van der Waals surface area contributed by atoms with Crippen LogP contribution >= 0.6 is 11.8 Å². The first-order chi connectivity index (χ1) is 14.0. The SMILES string of the molecule is COC(=O)c1ccc(N2CCN(CC(=O)Nc3ccc(SC)cc3)C(C)C2)cc1. The van der Waals surface area contributed by atoms with E-state index >= 15 is 0 Å². The zero-order valence-corrected chi connectivity index (χ0v) is 17.9. The minimum absolute atomic E-state index is 0.00429. The van der Waals surface area contributed by atoms with Crippen molar-refractivity contribution in [2.45, 2.75) is 17.9 Å². The van der Waals surface area contributed by atoms with E-state index in [4.69, 9.17) is 4.74 Å². The lowest BCUT2D eigenvalue weighted by molar-refractivity contribution is -0.117. The topological polar surface area (TPSA) is 61.9 Å². The highest BCUT2D eigenvalue weighted by Gasteiger charge is 2.25. The van der Waals surface area contributed by atoms with Crippen molar-refractivity contribution < 1.29 is 14.3 Å². The highest BCUT2D eigenvalue weighted by molar-refractivity contribution is 7.98. The van der Waals surface area contributed by atoms with Gasteiger partial charge in [-0.15, -0.1) is 11.8 Å². The molecule has 1 heterocycles. The molecule has 1 saturated heterocycles. The second-order valence-electron chi connectivity index (χ2n) is 7.08. The smallest absolute Gasteiger partial charge is 0.337 e. The summed E-state index contributed by atoms with van der Waals surface area (Å²) in [5, 5.41) is 2.98. The highest BCUT2D eigenvalue weighted by Crippen LogP contribution is 2.21. The molecule has 0 aromatic heterocycles. The van der Waals surface area contributed by atoms with Gasteiger partial charge in [0.05, 0.1) is 19.2 Å². The molecular weight excluding hydrogens is 386 g/mol. The number of rotatable bonds is 6. The Balaban J connectivity index is 1.52. The van der Waals surface area contributed by atoms with Crippen LogP contribution in [0, 0.1) is 0 Å². The van der Waals surface area contributed by atoms with Crippen LogP contribution in [0.15, 0.2) is 53.4 Å². The van der Waals surface area contributed by atoms with E-state index in [1.165, 1.54) is 12.0 Å². The quantitative estimate of drug-likeness (QED) is 0.579. The monoisotopic (exact) mass is 413 g/mol. The molecule has 0 radical (unpaired) electrons. The van der Waals surface area contributed by atoms with Crippen molar-refractivity contribution in [3.05, 3.63) is 54.1 Å². The van der Waals surface area contributed by atoms with Crippen molar-refractivity contribution in [3.8, 4) is 0 Å². The van der Waals surface area contributed by atoms with Gasteiger partial charge in [-0.3, -0.25) is 9.69 Å². The third-order valence-electron chi connectivity index (χ3n) is 5.14. The lowest BCUT2D eigenvalue weighted by Gasteiger charge is -2.40. The molecule has 154 valence electrons. The van der Waals surface area contributed by atoms with Gasteiger partial charge in [0.25, 0.3) is 0 Å². The number of thioether (sulfide) groups is 1. The van der Waals surface area contributed by atoms with Crippen molar-refractivity contribution in [2.24, 2.45) is 0 Å². The second kappa shape index (κ2) is 9.80. The van der Waals surface area contributed by atoms with Crippen molar-refractivity contribution in [2.75, 3.05) is 49.8 Å². The third kappa shape index (κ3) is 5.52. The van der Waals surface area contributed by atoms with E-state index in [9.17, 15) is 9.59 Å². The molecule has 1 N–H and O–H groups in total. The molecule has 7 heteroatoms. The summed E-state index contributed by atoms with van der Waals surface area (Å²) in [5.41, 5.74) is 2.44. The van der Waals surface area contributed by atoms with Gasteiger partial charge in [-0.1, -0.05) is 0 Å². The van der Waals surface area contributed by atoms with Crippen molar-refractivity contribution >= 4 is 35.0 Å². The second-order valence-corrected chi connectivity index (χ2v) is 7.96. The van der Waals surface area contributed by atoms with Crippen LogP contribution in [0.25, 0.3) is 0 Å². The lowest BCUT2D eigenvalue weighted by atomic mass is 10.1. The van der Waals surface area contributed by atoms with Gasteiger partial charge in [0.2, 0.25) is 5.91 Å². The first kappa shape index (κ1) is 21.2. The Morgan fingerprint density at radius 1 is 1.10 bits per heavy atom. The molecule has 1 aliphatic heterocycles. The fourth-order valence-corrected chi connectivity index (χ4v) is 3.86. The Hall–Kier alpha value is -2.51. The standard InChI is InChI=1S/C22H27N3O3S/c1-16-14-25(19-8-4-17(5-9-19)22(27)28-2)13-12-24(16)15-21(26)23-18-6-10-20(29-3)11-7-18/h4-11,16H,12-15H2,1-3H3,(H,23,26). The first-order valence-corrected chi connectivity index (χ1v) is 10.8. The minimum Gasteiger partial charge on any atom is -0.465 e. The van der Waals surface area contributed by atoms with Gasteiger partial charge in [0.1, 0.15) is 0 Å². The number of piperazine rings is 1. The first-order valence-electron chi connectivity index (χ1n) is 9.61. The molecule has 6 nitrogen and oxygen atoms in total. The number of amides is 1. The molecule has 29 heavy (non-hydrogen) atoms. The van der Waals surface area contributed by atoms with Crippen LogP contribution in [-0.2, 0) is 9.53 Å². The summed E-state index contributed by atoms with van der Waals surface area (Å²) in [5.74, 6) is -0.325. The van der Waals surface area contributed by atoms with Gasteiger partial charge < -0.3 is 15.0 Å².